The molecule has 0 radical (unpaired) electrons. The monoisotopic (exact) mass is 226 g/mol. The first kappa shape index (κ1) is 13.4. The van der Waals surface area contributed by atoms with E-state index >= 15 is 0 Å². The van der Waals surface area contributed by atoms with Crippen LogP contribution in [0.25, 0.3) is 0 Å². The normalized spacial score (nSPS) is 9.08. The molecule has 1 aromatic rings. The molecule has 0 amide bonds. The van der Waals surface area contributed by atoms with Gasteiger partial charge in [0.2, 0.25) is 0 Å². The van der Waals surface area contributed by atoms with Crippen molar-refractivity contribution in [2.45, 2.75) is 0 Å². The molecule has 0 spiro atoms. The standard InChI is InChI=1S/C7H7O4S.K/c1-10-6-4-2-3-5-7(6)11-12(8)9;/h2-5H,1H3;/q-1;+1. The van der Waals surface area contributed by atoms with Gasteiger partial charge in [-0.3, -0.25) is 0 Å². The molecule has 0 fully saturated rings. The molecule has 0 atom stereocenters. The van der Waals surface area contributed by atoms with Gasteiger partial charge in [0.05, 0.1) is 7.11 Å². The Labute approximate surface area is 121 Å². The van der Waals surface area contributed by atoms with Crippen molar-refractivity contribution in [1.82, 2.24) is 0 Å². The Hall–Kier alpha value is 0.406. The van der Waals surface area contributed by atoms with E-state index in [1.807, 2.05) is 0 Å². The fourth-order valence-electron chi connectivity index (χ4n) is 0.761. The van der Waals surface area contributed by atoms with Crippen LogP contribution in [-0.4, -0.2) is 7.11 Å². The zero-order chi connectivity index (χ0) is 8.97. The van der Waals surface area contributed by atoms with E-state index in [9.17, 15) is 8.42 Å². The predicted molar refractivity (Wildman–Crippen MR) is 42.4 cm³/mol. The van der Waals surface area contributed by atoms with Crippen molar-refractivity contribution in [2.24, 2.45) is 0 Å². The first-order valence-corrected chi connectivity index (χ1v) is 4.14. The third-order valence-corrected chi connectivity index (χ3v) is 1.54. The molecule has 66 valence electrons. The smallest absolute Gasteiger partial charge is 0.530 e. The van der Waals surface area contributed by atoms with Crippen LogP contribution in [0, 0.1) is 0 Å². The largest absolute Gasteiger partial charge is 1.00 e. The molecule has 0 bridgehead atoms. The number of benzene rings is 1. The van der Waals surface area contributed by atoms with E-state index in [0.29, 0.717) is 5.75 Å². The number of para-hydroxylation sites is 2. The van der Waals surface area contributed by atoms with Gasteiger partial charge in [-0.1, -0.05) is 12.1 Å². The minimum absolute atomic E-state index is 0. The van der Waals surface area contributed by atoms with Crippen molar-refractivity contribution in [3.8, 4) is 11.5 Å². The van der Waals surface area contributed by atoms with Crippen molar-refractivity contribution in [3.05, 3.63) is 24.3 Å². The molecule has 0 aliphatic rings. The number of rotatable bonds is 3. The van der Waals surface area contributed by atoms with E-state index in [-0.39, 0.29) is 57.1 Å². The summed E-state index contributed by atoms with van der Waals surface area (Å²) in [5.74, 6) is 0.579. The van der Waals surface area contributed by atoms with E-state index in [2.05, 4.69) is 4.18 Å². The Morgan fingerprint density at radius 2 is 1.69 bits per heavy atom. The average molecular weight is 226 g/mol. The van der Waals surface area contributed by atoms with Gasteiger partial charge >= 0.3 is 51.4 Å². The fourth-order valence-corrected chi connectivity index (χ4v) is 1.05. The molecule has 0 N–H and O–H groups in total. The van der Waals surface area contributed by atoms with Crippen LogP contribution in [0.4, 0.5) is 0 Å². The third-order valence-electron chi connectivity index (χ3n) is 1.23. The van der Waals surface area contributed by atoms with Gasteiger partial charge < -0.3 is 17.3 Å². The van der Waals surface area contributed by atoms with Crippen molar-refractivity contribution < 1.29 is 68.7 Å². The van der Waals surface area contributed by atoms with Crippen LogP contribution in [0.2, 0.25) is 0 Å². The van der Waals surface area contributed by atoms with Gasteiger partial charge in [-0.05, 0) is 12.1 Å². The van der Waals surface area contributed by atoms with E-state index in [4.69, 9.17) is 4.74 Å². The van der Waals surface area contributed by atoms with Gasteiger partial charge in [-0.2, -0.15) is 0 Å². The molecule has 0 aliphatic carbocycles. The molecular formula is C7H7KO4S. The maximum Gasteiger partial charge on any atom is 1.00 e. The first-order valence-electron chi connectivity index (χ1n) is 3.14. The zero-order valence-corrected chi connectivity index (χ0v) is 11.3. The predicted octanol–water partition coefficient (Wildman–Crippen LogP) is -1.70. The van der Waals surface area contributed by atoms with Crippen LogP contribution in [-0.2, 0) is 19.4 Å². The van der Waals surface area contributed by atoms with Gasteiger partial charge in [-0.15, -0.1) is 0 Å². The van der Waals surface area contributed by atoms with Crippen molar-refractivity contribution in [3.63, 3.8) is 0 Å². The summed E-state index contributed by atoms with van der Waals surface area (Å²) in [6.45, 7) is 0. The SMILES string of the molecule is COc1ccccc1O[S-](=O)=O.[K+]. The Morgan fingerprint density at radius 3 is 2.15 bits per heavy atom. The van der Waals surface area contributed by atoms with Gasteiger partial charge in [0.15, 0.2) is 5.75 Å². The molecular weight excluding hydrogens is 219 g/mol. The van der Waals surface area contributed by atoms with Crippen LogP contribution in [0.15, 0.2) is 24.3 Å². The first-order chi connectivity index (χ1) is 5.74. The minimum Gasteiger partial charge on any atom is -0.530 e. The van der Waals surface area contributed by atoms with Crippen LogP contribution in [0.3, 0.4) is 0 Å². The van der Waals surface area contributed by atoms with Crippen molar-refractivity contribution >= 4 is 11.0 Å². The maximum absolute atomic E-state index is 10.2. The second-order valence-electron chi connectivity index (χ2n) is 1.94. The second-order valence-corrected chi connectivity index (χ2v) is 2.51. The summed E-state index contributed by atoms with van der Waals surface area (Å²) in [4.78, 5) is 0. The van der Waals surface area contributed by atoms with Gasteiger partial charge in [0.25, 0.3) is 0 Å². The molecule has 6 heteroatoms. The van der Waals surface area contributed by atoms with E-state index in [1.165, 1.54) is 13.2 Å². The maximum atomic E-state index is 10.2. The molecule has 13 heavy (non-hydrogen) atoms. The molecule has 1 rings (SSSR count). The number of hydrogen-bond donors (Lipinski definition) is 0. The molecule has 4 nitrogen and oxygen atoms in total. The Bertz CT molecular complexity index is 329. The van der Waals surface area contributed by atoms with Crippen molar-refractivity contribution in [2.75, 3.05) is 7.11 Å². The Kier molecular flexibility index (Phi) is 7.01. The Morgan fingerprint density at radius 1 is 1.15 bits per heavy atom. The molecule has 1 aromatic carbocycles. The van der Waals surface area contributed by atoms with E-state index in [1.54, 1.807) is 18.2 Å². The summed E-state index contributed by atoms with van der Waals surface area (Å²) in [7, 11) is -1.12. The van der Waals surface area contributed by atoms with Gasteiger partial charge in [0, 0.05) is 0 Å². The van der Waals surface area contributed by atoms with Crippen LogP contribution >= 0.6 is 0 Å². The molecule has 0 saturated heterocycles. The van der Waals surface area contributed by atoms with Gasteiger partial charge in [0.1, 0.15) is 16.7 Å². The summed E-state index contributed by atoms with van der Waals surface area (Å²) >= 11 is 0. The second kappa shape index (κ2) is 6.80. The Balaban J connectivity index is 0.00000144. The minimum atomic E-state index is -2.56. The summed E-state index contributed by atoms with van der Waals surface area (Å²) in [6.07, 6.45) is 0. The van der Waals surface area contributed by atoms with Gasteiger partial charge in [-0.25, -0.2) is 0 Å². The van der Waals surface area contributed by atoms with E-state index < -0.39 is 11.0 Å². The quantitative estimate of drug-likeness (QED) is 0.455. The molecule has 0 unspecified atom stereocenters. The zero-order valence-electron chi connectivity index (χ0n) is 7.35. The molecule has 0 aliphatic heterocycles. The van der Waals surface area contributed by atoms with E-state index in [0.717, 1.165) is 0 Å². The fraction of sp³-hybridized carbons (Fsp3) is 0.143. The average Bonchev–Trinajstić information content (AvgIpc) is 2.04. The van der Waals surface area contributed by atoms with Crippen LogP contribution in [0.1, 0.15) is 0 Å². The molecule has 0 aromatic heterocycles. The summed E-state index contributed by atoms with van der Waals surface area (Å²) in [5.41, 5.74) is 0. The number of ether oxygens (including phenoxy) is 1. The number of hydrogen-bond acceptors (Lipinski definition) is 5. The van der Waals surface area contributed by atoms with Crippen molar-refractivity contribution in [1.29, 1.82) is 0 Å². The molecule has 0 heterocycles. The topological polar surface area (TPSA) is 52.6 Å². The number of methoxy groups -OCH3 is 1. The molecule has 0 saturated carbocycles. The summed E-state index contributed by atoms with van der Waals surface area (Å²) < 4.78 is 29.6. The summed E-state index contributed by atoms with van der Waals surface area (Å²) in [6, 6.07) is 6.50. The van der Waals surface area contributed by atoms with Crippen LogP contribution < -0.4 is 60.3 Å². The third kappa shape index (κ3) is 4.43. The summed E-state index contributed by atoms with van der Waals surface area (Å²) in [5, 5.41) is 0. The van der Waals surface area contributed by atoms with Crippen LogP contribution in [0.5, 0.6) is 11.5 Å².